The molecule has 0 fully saturated rings. The van der Waals surface area contributed by atoms with Crippen LogP contribution in [0.4, 0.5) is 5.69 Å². The fourth-order valence-electron chi connectivity index (χ4n) is 1.96. The molecule has 20 heavy (non-hydrogen) atoms. The number of hydrazine groups is 1. The van der Waals surface area contributed by atoms with Crippen molar-refractivity contribution in [3.8, 4) is 0 Å². The largest absolute Gasteiger partial charge is 0.273 e. The van der Waals surface area contributed by atoms with Gasteiger partial charge >= 0.3 is 0 Å². The number of carbonyl (C=O) groups excluding carboxylic acids is 1. The molecule has 0 aliphatic heterocycles. The predicted octanol–water partition coefficient (Wildman–Crippen LogP) is 4.95. The first kappa shape index (κ1) is 17.3. The van der Waals surface area contributed by atoms with Crippen LogP contribution in [0, 0.1) is 0 Å². The number of nitrogens with two attached hydrogens (primary N) is 1. The molecule has 1 aromatic carbocycles. The van der Waals surface area contributed by atoms with Gasteiger partial charge in [-0.25, -0.2) is 10.9 Å². The molecular weight excluding hydrogens is 295 g/mol. The van der Waals surface area contributed by atoms with Gasteiger partial charge in [0.25, 0.3) is 0 Å². The van der Waals surface area contributed by atoms with Crippen LogP contribution in [-0.2, 0) is 4.79 Å². The van der Waals surface area contributed by atoms with Crippen LogP contribution in [0.2, 0.25) is 10.0 Å². The lowest BCUT2D eigenvalue weighted by atomic mass is 10.1. The van der Waals surface area contributed by atoms with Crippen LogP contribution in [0.25, 0.3) is 0 Å². The maximum atomic E-state index is 12.0. The molecule has 0 saturated carbocycles. The highest BCUT2D eigenvalue weighted by Gasteiger charge is 2.12. The molecular formula is C15H22Cl2N2O. The van der Waals surface area contributed by atoms with Gasteiger partial charge in [-0.1, -0.05) is 62.2 Å². The summed E-state index contributed by atoms with van der Waals surface area (Å²) in [5.74, 6) is 5.70. The highest BCUT2D eigenvalue weighted by Crippen LogP contribution is 2.26. The zero-order valence-corrected chi connectivity index (χ0v) is 13.4. The molecule has 0 heterocycles. The molecule has 0 radical (unpaired) electrons. The van der Waals surface area contributed by atoms with Crippen LogP contribution in [0.1, 0.15) is 51.9 Å². The van der Waals surface area contributed by atoms with Gasteiger partial charge in [-0.15, -0.1) is 0 Å². The number of amides is 1. The minimum absolute atomic E-state index is 0.0983. The van der Waals surface area contributed by atoms with Crippen molar-refractivity contribution in [3.05, 3.63) is 28.2 Å². The molecule has 1 aromatic rings. The molecule has 0 aliphatic rings. The minimum Gasteiger partial charge on any atom is -0.273 e. The van der Waals surface area contributed by atoms with Crippen molar-refractivity contribution in [1.29, 1.82) is 0 Å². The maximum absolute atomic E-state index is 12.0. The number of halogens is 2. The van der Waals surface area contributed by atoms with Gasteiger partial charge in [-0.05, 0) is 24.6 Å². The Kier molecular flexibility index (Phi) is 7.97. The lowest BCUT2D eigenvalue weighted by Gasteiger charge is -2.17. The first-order chi connectivity index (χ1) is 9.56. The summed E-state index contributed by atoms with van der Waals surface area (Å²) in [6.07, 6.45) is 7.32. The summed E-state index contributed by atoms with van der Waals surface area (Å²) >= 11 is 11.7. The van der Waals surface area contributed by atoms with E-state index in [1.807, 2.05) is 0 Å². The van der Waals surface area contributed by atoms with E-state index in [-0.39, 0.29) is 5.91 Å². The van der Waals surface area contributed by atoms with Gasteiger partial charge in [0.2, 0.25) is 5.91 Å². The van der Waals surface area contributed by atoms with Crippen LogP contribution < -0.4 is 10.9 Å². The number of hydrogen-bond donors (Lipinski definition) is 1. The van der Waals surface area contributed by atoms with Gasteiger partial charge in [0.15, 0.2) is 0 Å². The third kappa shape index (κ3) is 5.70. The standard InChI is InChI=1S/C15H22Cl2N2O/c1-2-3-4-5-6-7-8-15(20)19(18)12-9-10-13(16)14(17)11-12/h9-11H,2-8,18H2,1H3. The average molecular weight is 317 g/mol. The fraction of sp³-hybridized carbons (Fsp3) is 0.533. The molecule has 5 heteroatoms. The highest BCUT2D eigenvalue weighted by molar-refractivity contribution is 6.42. The maximum Gasteiger partial charge on any atom is 0.241 e. The summed E-state index contributed by atoms with van der Waals surface area (Å²) in [5.41, 5.74) is 0.565. The van der Waals surface area contributed by atoms with E-state index in [9.17, 15) is 4.79 Å². The smallest absolute Gasteiger partial charge is 0.241 e. The van der Waals surface area contributed by atoms with Crippen molar-refractivity contribution in [2.24, 2.45) is 5.84 Å². The summed E-state index contributed by atoms with van der Waals surface area (Å²) in [7, 11) is 0. The topological polar surface area (TPSA) is 46.3 Å². The van der Waals surface area contributed by atoms with Crippen molar-refractivity contribution in [2.45, 2.75) is 51.9 Å². The Balaban J connectivity index is 2.37. The van der Waals surface area contributed by atoms with E-state index in [0.717, 1.165) is 17.9 Å². The number of rotatable bonds is 8. The van der Waals surface area contributed by atoms with E-state index in [1.54, 1.807) is 18.2 Å². The Morgan fingerprint density at radius 2 is 1.75 bits per heavy atom. The Bertz CT molecular complexity index is 438. The average Bonchev–Trinajstić information content (AvgIpc) is 2.44. The molecule has 0 saturated heterocycles. The van der Waals surface area contributed by atoms with Gasteiger partial charge in [-0.2, -0.15) is 0 Å². The molecule has 0 spiro atoms. The summed E-state index contributed by atoms with van der Waals surface area (Å²) in [6, 6.07) is 4.92. The molecule has 0 bridgehead atoms. The monoisotopic (exact) mass is 316 g/mol. The molecule has 0 atom stereocenters. The fourth-order valence-corrected chi connectivity index (χ4v) is 2.25. The number of carbonyl (C=O) groups is 1. The second kappa shape index (κ2) is 9.22. The number of hydrogen-bond acceptors (Lipinski definition) is 2. The summed E-state index contributed by atoms with van der Waals surface area (Å²) in [5, 5.41) is 1.99. The lowest BCUT2D eigenvalue weighted by Crippen LogP contribution is -2.37. The van der Waals surface area contributed by atoms with Crippen molar-refractivity contribution in [2.75, 3.05) is 5.01 Å². The highest BCUT2D eigenvalue weighted by atomic mass is 35.5. The molecule has 0 unspecified atom stereocenters. The Morgan fingerprint density at radius 1 is 1.10 bits per heavy atom. The number of benzene rings is 1. The van der Waals surface area contributed by atoms with E-state index >= 15 is 0 Å². The Hall–Kier alpha value is -0.770. The SMILES string of the molecule is CCCCCCCCC(=O)N(N)c1ccc(Cl)c(Cl)c1. The van der Waals surface area contributed by atoms with Gasteiger partial charge in [0.05, 0.1) is 15.7 Å². The Morgan fingerprint density at radius 3 is 2.40 bits per heavy atom. The van der Waals surface area contributed by atoms with E-state index in [0.29, 0.717) is 22.2 Å². The summed E-state index contributed by atoms with van der Waals surface area (Å²) in [4.78, 5) is 12.0. The van der Waals surface area contributed by atoms with Crippen molar-refractivity contribution in [1.82, 2.24) is 0 Å². The van der Waals surface area contributed by atoms with E-state index < -0.39 is 0 Å². The van der Waals surface area contributed by atoms with E-state index in [4.69, 9.17) is 29.0 Å². The zero-order chi connectivity index (χ0) is 15.0. The zero-order valence-electron chi connectivity index (χ0n) is 11.9. The van der Waals surface area contributed by atoms with Crippen LogP contribution in [0.3, 0.4) is 0 Å². The van der Waals surface area contributed by atoms with E-state index in [1.165, 1.54) is 25.7 Å². The quantitative estimate of drug-likeness (QED) is 0.319. The lowest BCUT2D eigenvalue weighted by molar-refractivity contribution is -0.118. The number of anilines is 1. The molecule has 0 aromatic heterocycles. The first-order valence-electron chi connectivity index (χ1n) is 7.09. The van der Waals surface area contributed by atoms with Crippen LogP contribution >= 0.6 is 23.2 Å². The summed E-state index contributed by atoms with van der Waals surface area (Å²) in [6.45, 7) is 2.19. The molecule has 1 rings (SSSR count). The Labute approximate surface area is 131 Å². The number of nitrogens with zero attached hydrogens (tertiary/aromatic N) is 1. The van der Waals surface area contributed by atoms with Crippen LogP contribution in [0.5, 0.6) is 0 Å². The number of unbranched alkanes of at least 4 members (excludes halogenated alkanes) is 5. The molecule has 1 amide bonds. The molecule has 3 nitrogen and oxygen atoms in total. The third-order valence-corrected chi connectivity index (χ3v) is 3.93. The van der Waals surface area contributed by atoms with Crippen molar-refractivity contribution < 1.29 is 4.79 Å². The minimum atomic E-state index is -0.0983. The predicted molar refractivity (Wildman–Crippen MR) is 86.1 cm³/mol. The van der Waals surface area contributed by atoms with Gasteiger partial charge in [-0.3, -0.25) is 4.79 Å². The van der Waals surface area contributed by atoms with Gasteiger partial charge in [0.1, 0.15) is 0 Å². The third-order valence-electron chi connectivity index (χ3n) is 3.19. The van der Waals surface area contributed by atoms with Crippen LogP contribution in [0.15, 0.2) is 18.2 Å². The summed E-state index contributed by atoms with van der Waals surface area (Å²) < 4.78 is 0. The normalized spacial score (nSPS) is 10.6. The first-order valence-corrected chi connectivity index (χ1v) is 7.84. The van der Waals surface area contributed by atoms with Crippen molar-refractivity contribution >= 4 is 34.8 Å². The van der Waals surface area contributed by atoms with Crippen LogP contribution in [-0.4, -0.2) is 5.91 Å². The van der Waals surface area contributed by atoms with E-state index in [2.05, 4.69) is 6.92 Å². The van der Waals surface area contributed by atoms with Gasteiger partial charge in [0, 0.05) is 6.42 Å². The van der Waals surface area contributed by atoms with Gasteiger partial charge < -0.3 is 0 Å². The molecule has 2 N–H and O–H groups in total. The molecule has 112 valence electrons. The van der Waals surface area contributed by atoms with Crippen molar-refractivity contribution in [3.63, 3.8) is 0 Å². The second-order valence-electron chi connectivity index (χ2n) is 4.88. The second-order valence-corrected chi connectivity index (χ2v) is 5.69. The molecule has 0 aliphatic carbocycles.